The highest BCUT2D eigenvalue weighted by Gasteiger charge is 2.13. The van der Waals surface area contributed by atoms with Crippen LogP contribution < -0.4 is 10.6 Å². The summed E-state index contributed by atoms with van der Waals surface area (Å²) in [5.74, 6) is 0.428. The minimum Gasteiger partial charge on any atom is -0.347 e. The van der Waals surface area contributed by atoms with Gasteiger partial charge < -0.3 is 10.6 Å². The third-order valence-electron chi connectivity index (χ3n) is 3.69. The van der Waals surface area contributed by atoms with E-state index in [0.29, 0.717) is 17.9 Å². The number of amides is 1. The second kappa shape index (κ2) is 7.27. The molecule has 1 amide bonds. The molecule has 0 atom stereocenters. The summed E-state index contributed by atoms with van der Waals surface area (Å²) >= 11 is 1.62. The maximum Gasteiger partial charge on any atom is 0.255 e. The van der Waals surface area contributed by atoms with Crippen molar-refractivity contribution in [2.24, 2.45) is 0 Å². The van der Waals surface area contributed by atoms with Crippen LogP contribution in [-0.4, -0.2) is 10.9 Å². The average molecular weight is 337 g/mol. The number of thiophene rings is 1. The van der Waals surface area contributed by atoms with Crippen molar-refractivity contribution in [1.82, 2.24) is 10.3 Å². The van der Waals surface area contributed by atoms with E-state index in [9.17, 15) is 4.79 Å². The molecule has 122 valence electrons. The van der Waals surface area contributed by atoms with E-state index in [2.05, 4.69) is 28.6 Å². The van der Waals surface area contributed by atoms with E-state index in [1.165, 1.54) is 5.56 Å². The zero-order valence-corrected chi connectivity index (χ0v) is 14.5. The fourth-order valence-electron chi connectivity index (χ4n) is 2.45. The summed E-state index contributed by atoms with van der Waals surface area (Å²) in [5, 5.41) is 8.21. The lowest BCUT2D eigenvalue weighted by atomic mass is 10.1. The Morgan fingerprint density at radius 3 is 2.79 bits per heavy atom. The molecule has 4 nitrogen and oxygen atoms in total. The van der Waals surface area contributed by atoms with Crippen molar-refractivity contribution in [2.45, 2.75) is 20.4 Å². The van der Waals surface area contributed by atoms with E-state index in [-0.39, 0.29) is 5.91 Å². The fraction of sp³-hybridized carbons (Fsp3) is 0.158. The Bertz CT molecular complexity index is 844. The third-order valence-corrected chi connectivity index (χ3v) is 4.57. The van der Waals surface area contributed by atoms with E-state index >= 15 is 0 Å². The van der Waals surface area contributed by atoms with Crippen molar-refractivity contribution >= 4 is 28.7 Å². The van der Waals surface area contributed by atoms with Crippen LogP contribution in [-0.2, 0) is 6.54 Å². The maximum absolute atomic E-state index is 12.5. The van der Waals surface area contributed by atoms with Crippen LogP contribution in [0.1, 0.15) is 26.4 Å². The molecule has 2 aromatic heterocycles. The van der Waals surface area contributed by atoms with Crippen molar-refractivity contribution in [3.63, 3.8) is 0 Å². The molecule has 0 aliphatic rings. The molecule has 5 heteroatoms. The van der Waals surface area contributed by atoms with Gasteiger partial charge in [0.15, 0.2) is 0 Å². The van der Waals surface area contributed by atoms with Gasteiger partial charge in [-0.25, -0.2) is 4.98 Å². The van der Waals surface area contributed by atoms with E-state index in [0.717, 1.165) is 16.1 Å². The summed E-state index contributed by atoms with van der Waals surface area (Å²) in [7, 11) is 0. The lowest BCUT2D eigenvalue weighted by Gasteiger charge is -2.13. The van der Waals surface area contributed by atoms with Crippen molar-refractivity contribution in [3.05, 3.63) is 75.6 Å². The summed E-state index contributed by atoms with van der Waals surface area (Å²) < 4.78 is 0. The van der Waals surface area contributed by atoms with Crippen LogP contribution in [0.25, 0.3) is 0 Å². The van der Waals surface area contributed by atoms with E-state index in [4.69, 9.17) is 0 Å². The zero-order valence-electron chi connectivity index (χ0n) is 13.7. The molecule has 0 fully saturated rings. The second-order valence-electron chi connectivity index (χ2n) is 5.60. The van der Waals surface area contributed by atoms with Gasteiger partial charge in [-0.15, -0.1) is 11.3 Å². The van der Waals surface area contributed by atoms with Gasteiger partial charge in [0.2, 0.25) is 0 Å². The molecule has 0 spiro atoms. The van der Waals surface area contributed by atoms with Gasteiger partial charge >= 0.3 is 0 Å². The SMILES string of the molecule is Cc1ccc(Nc2ncccc2C(=O)NCc2cccs2)c(C)c1. The van der Waals surface area contributed by atoms with Gasteiger partial charge in [-0.05, 0) is 49.1 Å². The van der Waals surface area contributed by atoms with Crippen LogP contribution in [0.4, 0.5) is 11.5 Å². The van der Waals surface area contributed by atoms with Crippen LogP contribution in [0.5, 0.6) is 0 Å². The molecule has 0 aliphatic carbocycles. The predicted molar refractivity (Wildman–Crippen MR) is 98.9 cm³/mol. The molecule has 24 heavy (non-hydrogen) atoms. The first-order chi connectivity index (χ1) is 11.6. The molecule has 2 N–H and O–H groups in total. The van der Waals surface area contributed by atoms with Gasteiger partial charge in [0.25, 0.3) is 5.91 Å². The number of aryl methyl sites for hydroxylation is 2. The number of pyridine rings is 1. The monoisotopic (exact) mass is 337 g/mol. The van der Waals surface area contributed by atoms with Crippen molar-refractivity contribution in [2.75, 3.05) is 5.32 Å². The molecule has 0 radical (unpaired) electrons. The minimum atomic E-state index is -0.135. The number of carbonyl (C=O) groups is 1. The molecule has 1 aromatic carbocycles. The van der Waals surface area contributed by atoms with Crippen molar-refractivity contribution in [1.29, 1.82) is 0 Å². The second-order valence-corrected chi connectivity index (χ2v) is 6.64. The Morgan fingerprint density at radius 2 is 2.04 bits per heavy atom. The molecule has 3 rings (SSSR count). The number of aromatic nitrogens is 1. The van der Waals surface area contributed by atoms with Crippen LogP contribution >= 0.6 is 11.3 Å². The van der Waals surface area contributed by atoms with Crippen molar-refractivity contribution < 1.29 is 4.79 Å². The normalized spacial score (nSPS) is 10.4. The van der Waals surface area contributed by atoms with Gasteiger partial charge in [-0.3, -0.25) is 4.79 Å². The topological polar surface area (TPSA) is 54.0 Å². The van der Waals surface area contributed by atoms with Crippen LogP contribution in [0, 0.1) is 13.8 Å². The van der Waals surface area contributed by atoms with Gasteiger partial charge in [0.1, 0.15) is 5.82 Å². The highest BCUT2D eigenvalue weighted by atomic mass is 32.1. The molecule has 2 heterocycles. The zero-order chi connectivity index (χ0) is 16.9. The number of rotatable bonds is 5. The predicted octanol–water partition coefficient (Wildman–Crippen LogP) is 4.43. The van der Waals surface area contributed by atoms with Crippen LogP contribution in [0.2, 0.25) is 0 Å². The number of nitrogens with zero attached hydrogens (tertiary/aromatic N) is 1. The Hall–Kier alpha value is -2.66. The molecular weight excluding hydrogens is 318 g/mol. The van der Waals surface area contributed by atoms with Gasteiger partial charge in [0, 0.05) is 16.8 Å². The van der Waals surface area contributed by atoms with Crippen molar-refractivity contribution in [3.8, 4) is 0 Å². The standard InChI is InChI=1S/C19H19N3OS/c1-13-7-8-17(14(2)11-13)22-18-16(6-3-9-20-18)19(23)21-12-15-5-4-10-24-15/h3-11H,12H2,1-2H3,(H,20,22)(H,21,23). The van der Waals surface area contributed by atoms with Crippen LogP contribution in [0.15, 0.2) is 54.0 Å². The molecule has 3 aromatic rings. The summed E-state index contributed by atoms with van der Waals surface area (Å²) in [6, 6.07) is 13.7. The van der Waals surface area contributed by atoms with Crippen LogP contribution in [0.3, 0.4) is 0 Å². The first-order valence-corrected chi connectivity index (χ1v) is 8.61. The Labute approximate surface area is 145 Å². The number of nitrogens with one attached hydrogen (secondary N) is 2. The third kappa shape index (κ3) is 3.81. The minimum absolute atomic E-state index is 0.135. The van der Waals surface area contributed by atoms with E-state index in [1.54, 1.807) is 29.7 Å². The first-order valence-electron chi connectivity index (χ1n) is 7.73. The summed E-state index contributed by atoms with van der Waals surface area (Å²) in [4.78, 5) is 18.0. The first kappa shape index (κ1) is 16.2. The van der Waals surface area contributed by atoms with Gasteiger partial charge in [-0.1, -0.05) is 23.8 Å². The Balaban J connectivity index is 1.78. The fourth-order valence-corrected chi connectivity index (χ4v) is 3.09. The number of hydrogen-bond donors (Lipinski definition) is 2. The Morgan fingerprint density at radius 1 is 1.17 bits per heavy atom. The summed E-state index contributed by atoms with van der Waals surface area (Å²) in [6.45, 7) is 4.62. The molecular formula is C19H19N3OS. The van der Waals surface area contributed by atoms with E-state index in [1.807, 2.05) is 36.6 Å². The van der Waals surface area contributed by atoms with Gasteiger partial charge in [-0.2, -0.15) is 0 Å². The molecule has 0 saturated carbocycles. The molecule has 0 saturated heterocycles. The quantitative estimate of drug-likeness (QED) is 0.724. The van der Waals surface area contributed by atoms with E-state index < -0.39 is 0 Å². The molecule has 0 aliphatic heterocycles. The largest absolute Gasteiger partial charge is 0.347 e. The summed E-state index contributed by atoms with van der Waals surface area (Å²) in [6.07, 6.45) is 1.68. The lowest BCUT2D eigenvalue weighted by Crippen LogP contribution is -2.23. The number of hydrogen-bond acceptors (Lipinski definition) is 4. The smallest absolute Gasteiger partial charge is 0.255 e. The van der Waals surface area contributed by atoms with Gasteiger partial charge in [0.05, 0.1) is 12.1 Å². The summed E-state index contributed by atoms with van der Waals surface area (Å²) in [5.41, 5.74) is 3.80. The molecule has 0 unspecified atom stereocenters. The number of anilines is 2. The maximum atomic E-state index is 12.5. The number of benzene rings is 1. The molecule has 0 bridgehead atoms. The average Bonchev–Trinajstić information content (AvgIpc) is 3.09. The lowest BCUT2D eigenvalue weighted by molar-refractivity contribution is 0.0952. The Kier molecular flexibility index (Phi) is 4.91. The highest BCUT2D eigenvalue weighted by Crippen LogP contribution is 2.22. The number of carbonyl (C=O) groups excluding carboxylic acids is 1. The highest BCUT2D eigenvalue weighted by molar-refractivity contribution is 7.09.